The average molecular weight is 223 g/mol. The van der Waals surface area contributed by atoms with Crippen molar-refractivity contribution in [3.05, 3.63) is 22.9 Å². The van der Waals surface area contributed by atoms with E-state index in [0.29, 0.717) is 6.04 Å². The van der Waals surface area contributed by atoms with Crippen molar-refractivity contribution in [2.24, 2.45) is 0 Å². The smallest absolute Gasteiger partial charge is 0.335 e. The summed E-state index contributed by atoms with van der Waals surface area (Å²) in [6.45, 7) is 6.17. The Bertz CT molecular complexity index is 338. The highest BCUT2D eigenvalue weighted by atomic mass is 16.5. The largest absolute Gasteiger partial charge is 0.466 e. The highest BCUT2D eigenvalue weighted by Crippen LogP contribution is 2.29. The van der Waals surface area contributed by atoms with Gasteiger partial charge in [0.25, 0.3) is 0 Å². The lowest BCUT2D eigenvalue weighted by atomic mass is 10.1. The van der Waals surface area contributed by atoms with Crippen LogP contribution < -0.4 is 0 Å². The highest BCUT2D eigenvalue weighted by Gasteiger charge is 2.29. The number of nitrogens with zero attached hydrogens (tertiary/aromatic N) is 1. The molecule has 1 aliphatic heterocycles. The van der Waals surface area contributed by atoms with Crippen molar-refractivity contribution < 1.29 is 9.53 Å². The van der Waals surface area contributed by atoms with Gasteiger partial charge >= 0.3 is 5.97 Å². The lowest BCUT2D eigenvalue weighted by molar-refractivity contribution is -0.136. The van der Waals surface area contributed by atoms with Crippen LogP contribution in [-0.4, -0.2) is 31.1 Å². The second-order valence-electron chi connectivity index (χ2n) is 4.54. The van der Waals surface area contributed by atoms with Gasteiger partial charge in [0.15, 0.2) is 0 Å². The van der Waals surface area contributed by atoms with E-state index in [4.69, 9.17) is 4.74 Å². The van der Waals surface area contributed by atoms with Gasteiger partial charge in [0.2, 0.25) is 0 Å². The molecule has 0 fully saturated rings. The van der Waals surface area contributed by atoms with Crippen LogP contribution in [-0.2, 0) is 9.53 Å². The molecule has 0 amide bonds. The first-order chi connectivity index (χ1) is 7.47. The third-order valence-electron chi connectivity index (χ3n) is 3.18. The summed E-state index contributed by atoms with van der Waals surface area (Å²) in [5.41, 5.74) is 3.17. The molecule has 0 aromatic heterocycles. The first-order valence-corrected chi connectivity index (χ1v) is 5.61. The van der Waals surface area contributed by atoms with Crippen molar-refractivity contribution in [3.8, 4) is 0 Å². The number of carbonyl (C=O) groups excluding carboxylic acids is 1. The molecule has 0 N–H and O–H groups in total. The van der Waals surface area contributed by atoms with Crippen molar-refractivity contribution in [1.82, 2.24) is 4.90 Å². The van der Waals surface area contributed by atoms with Crippen LogP contribution in [0.5, 0.6) is 0 Å². The maximum absolute atomic E-state index is 11.5. The zero-order valence-electron chi connectivity index (χ0n) is 10.8. The molecule has 1 unspecified atom stereocenters. The lowest BCUT2D eigenvalue weighted by Crippen LogP contribution is -2.24. The summed E-state index contributed by atoms with van der Waals surface area (Å²) in [6.07, 6.45) is 3.99. The van der Waals surface area contributed by atoms with E-state index < -0.39 is 0 Å². The molecule has 1 rings (SSSR count). The minimum absolute atomic E-state index is 0.191. The molecule has 1 heterocycles. The average Bonchev–Trinajstić information content (AvgIpc) is 2.52. The van der Waals surface area contributed by atoms with Crippen LogP contribution in [0.25, 0.3) is 0 Å². The molecule has 3 nitrogen and oxygen atoms in total. The van der Waals surface area contributed by atoms with E-state index in [0.717, 1.165) is 24.1 Å². The second kappa shape index (κ2) is 5.19. The van der Waals surface area contributed by atoms with Crippen LogP contribution in [0.4, 0.5) is 0 Å². The van der Waals surface area contributed by atoms with Crippen molar-refractivity contribution in [2.75, 3.05) is 14.2 Å². The van der Waals surface area contributed by atoms with Crippen molar-refractivity contribution in [3.63, 3.8) is 0 Å². The SMILES string of the molecule is COC(=O)C1=C(C)N(C)C(CC=C(C)C)C1. The Labute approximate surface area is 97.8 Å². The number of methoxy groups -OCH3 is 1. The first kappa shape index (κ1) is 12.8. The summed E-state index contributed by atoms with van der Waals surface area (Å²) >= 11 is 0. The van der Waals surface area contributed by atoms with Crippen LogP contribution in [0.15, 0.2) is 22.9 Å². The number of allylic oxidation sites excluding steroid dienone is 2. The predicted octanol–water partition coefficient (Wildman–Crippen LogP) is 2.49. The molecule has 0 aromatic rings. The van der Waals surface area contributed by atoms with Gasteiger partial charge in [-0.3, -0.25) is 0 Å². The van der Waals surface area contributed by atoms with Gasteiger partial charge in [-0.2, -0.15) is 0 Å². The number of hydrogen-bond donors (Lipinski definition) is 0. The van der Waals surface area contributed by atoms with Crippen LogP contribution in [0.1, 0.15) is 33.6 Å². The standard InChI is InChI=1S/C13H21NO2/c1-9(2)6-7-11-8-12(13(15)16-5)10(3)14(11)4/h6,11H,7-8H2,1-5H3. The highest BCUT2D eigenvalue weighted by molar-refractivity contribution is 5.89. The Kier molecular flexibility index (Phi) is 4.16. The molecule has 90 valence electrons. The number of esters is 1. The molecule has 0 bridgehead atoms. The molecule has 3 heteroatoms. The van der Waals surface area contributed by atoms with E-state index in [1.165, 1.54) is 12.7 Å². The molecule has 0 saturated heterocycles. The quantitative estimate of drug-likeness (QED) is 0.544. The summed E-state index contributed by atoms with van der Waals surface area (Å²) in [6, 6.07) is 0.393. The Hall–Kier alpha value is -1.25. The van der Waals surface area contributed by atoms with Gasteiger partial charge in [-0.1, -0.05) is 11.6 Å². The fourth-order valence-electron chi connectivity index (χ4n) is 1.97. The monoisotopic (exact) mass is 223 g/mol. The van der Waals surface area contributed by atoms with E-state index in [1.807, 2.05) is 14.0 Å². The van der Waals surface area contributed by atoms with E-state index in [-0.39, 0.29) is 5.97 Å². The van der Waals surface area contributed by atoms with Gasteiger partial charge in [0.1, 0.15) is 0 Å². The summed E-state index contributed by atoms with van der Waals surface area (Å²) in [5, 5.41) is 0. The number of carbonyl (C=O) groups is 1. The van der Waals surface area contributed by atoms with Gasteiger partial charge in [0.05, 0.1) is 12.7 Å². The zero-order chi connectivity index (χ0) is 12.3. The molecular weight excluding hydrogens is 202 g/mol. The number of hydrogen-bond acceptors (Lipinski definition) is 3. The molecule has 0 aromatic carbocycles. The molecule has 1 atom stereocenters. The molecular formula is C13H21NO2. The van der Waals surface area contributed by atoms with Crippen LogP contribution in [0.3, 0.4) is 0 Å². The van der Waals surface area contributed by atoms with Gasteiger partial charge in [-0.05, 0) is 27.2 Å². The van der Waals surface area contributed by atoms with Crippen LogP contribution in [0, 0.1) is 0 Å². The molecule has 0 radical (unpaired) electrons. The molecule has 0 spiro atoms. The van der Waals surface area contributed by atoms with Crippen LogP contribution in [0.2, 0.25) is 0 Å². The summed E-state index contributed by atoms with van der Waals surface area (Å²) in [5.74, 6) is -0.191. The minimum atomic E-state index is -0.191. The third kappa shape index (κ3) is 2.65. The number of rotatable bonds is 3. The Morgan fingerprint density at radius 1 is 1.56 bits per heavy atom. The molecule has 16 heavy (non-hydrogen) atoms. The van der Waals surface area contributed by atoms with Crippen molar-refractivity contribution in [1.29, 1.82) is 0 Å². The second-order valence-corrected chi connectivity index (χ2v) is 4.54. The Balaban J connectivity index is 2.73. The van der Waals surface area contributed by atoms with E-state index in [1.54, 1.807) is 0 Å². The minimum Gasteiger partial charge on any atom is -0.466 e. The van der Waals surface area contributed by atoms with Crippen molar-refractivity contribution >= 4 is 5.97 Å². The van der Waals surface area contributed by atoms with E-state index >= 15 is 0 Å². The predicted molar refractivity (Wildman–Crippen MR) is 64.9 cm³/mol. The van der Waals surface area contributed by atoms with E-state index in [9.17, 15) is 4.79 Å². The van der Waals surface area contributed by atoms with Gasteiger partial charge in [-0.15, -0.1) is 0 Å². The maximum atomic E-state index is 11.5. The maximum Gasteiger partial charge on any atom is 0.335 e. The first-order valence-electron chi connectivity index (χ1n) is 5.61. The zero-order valence-corrected chi connectivity index (χ0v) is 10.8. The third-order valence-corrected chi connectivity index (χ3v) is 3.18. The van der Waals surface area contributed by atoms with Crippen molar-refractivity contribution in [2.45, 2.75) is 39.7 Å². The van der Waals surface area contributed by atoms with Gasteiger partial charge < -0.3 is 9.64 Å². The van der Waals surface area contributed by atoms with Gasteiger partial charge in [-0.25, -0.2) is 4.79 Å². The lowest BCUT2D eigenvalue weighted by Gasteiger charge is -2.22. The summed E-state index contributed by atoms with van der Waals surface area (Å²) in [4.78, 5) is 13.7. The fourth-order valence-corrected chi connectivity index (χ4v) is 1.97. The molecule has 0 aliphatic carbocycles. The van der Waals surface area contributed by atoms with E-state index in [2.05, 4.69) is 24.8 Å². The normalized spacial score (nSPS) is 20.1. The molecule has 0 saturated carbocycles. The molecule has 1 aliphatic rings. The van der Waals surface area contributed by atoms with Gasteiger partial charge in [0, 0.05) is 25.2 Å². The fraction of sp³-hybridized carbons (Fsp3) is 0.615. The van der Waals surface area contributed by atoms with Crippen LogP contribution >= 0.6 is 0 Å². The summed E-state index contributed by atoms with van der Waals surface area (Å²) in [7, 11) is 3.47. The Morgan fingerprint density at radius 2 is 2.19 bits per heavy atom. The number of ether oxygens (including phenoxy) is 1. The summed E-state index contributed by atoms with van der Waals surface area (Å²) < 4.78 is 4.79. The Morgan fingerprint density at radius 3 is 2.69 bits per heavy atom. The topological polar surface area (TPSA) is 29.5 Å².